The highest BCUT2D eigenvalue weighted by molar-refractivity contribution is 5.77. The van der Waals surface area contributed by atoms with E-state index in [-0.39, 0.29) is 17.5 Å². The molecule has 0 saturated carbocycles. The van der Waals surface area contributed by atoms with E-state index < -0.39 is 0 Å². The number of hydrogen-bond donors (Lipinski definition) is 0. The lowest BCUT2D eigenvalue weighted by molar-refractivity contribution is -0.130. The predicted octanol–water partition coefficient (Wildman–Crippen LogP) is 3.08. The Bertz CT molecular complexity index is 595. The van der Waals surface area contributed by atoms with Gasteiger partial charge in [0.1, 0.15) is 6.17 Å². The van der Waals surface area contributed by atoms with Gasteiger partial charge in [0.15, 0.2) is 0 Å². The average molecular weight is 282 g/mol. The Morgan fingerprint density at radius 1 is 1.38 bits per heavy atom. The van der Waals surface area contributed by atoms with Crippen molar-refractivity contribution in [3.63, 3.8) is 0 Å². The average Bonchev–Trinajstić information content (AvgIpc) is 2.96. The molecule has 0 spiro atoms. The number of benzene rings is 1. The molecule has 110 valence electrons. The molecule has 0 N–H and O–H groups in total. The maximum absolute atomic E-state index is 12.1. The zero-order valence-corrected chi connectivity index (χ0v) is 12.6. The van der Waals surface area contributed by atoms with Crippen molar-refractivity contribution in [3.05, 3.63) is 55.1 Å². The van der Waals surface area contributed by atoms with Crippen LogP contribution in [0.5, 0.6) is 0 Å². The number of hydrogen-bond acceptors (Lipinski definition) is 2. The summed E-state index contributed by atoms with van der Waals surface area (Å²) < 4.78 is 0. The summed E-state index contributed by atoms with van der Waals surface area (Å²) in [6, 6.07) is 8.52. The van der Waals surface area contributed by atoms with Crippen molar-refractivity contribution in [3.8, 4) is 0 Å². The number of para-hydroxylation sites is 1. The Morgan fingerprint density at radius 3 is 2.81 bits per heavy atom. The van der Waals surface area contributed by atoms with Crippen molar-refractivity contribution in [2.24, 2.45) is 0 Å². The van der Waals surface area contributed by atoms with E-state index in [0.717, 1.165) is 25.9 Å². The normalized spacial score (nSPS) is 26.4. The second-order valence-electron chi connectivity index (χ2n) is 5.94. The Labute approximate surface area is 126 Å². The topological polar surface area (TPSA) is 23.6 Å². The first-order chi connectivity index (χ1) is 10.2. The smallest absolute Gasteiger partial charge is 0.221 e. The van der Waals surface area contributed by atoms with Gasteiger partial charge in [0, 0.05) is 31.1 Å². The number of carbonyl (C=O) groups is 1. The SMILES string of the molecule is C=CCN1c2ccccc2[C@]2(CC=C)CCN(C(C)=O)[C@H]12. The van der Waals surface area contributed by atoms with Crippen molar-refractivity contribution in [2.45, 2.75) is 31.3 Å². The fourth-order valence-corrected chi connectivity index (χ4v) is 4.13. The first-order valence-electron chi connectivity index (χ1n) is 7.51. The highest BCUT2D eigenvalue weighted by Crippen LogP contribution is 2.54. The van der Waals surface area contributed by atoms with Crippen LogP contribution in [-0.4, -0.2) is 30.1 Å². The van der Waals surface area contributed by atoms with Crippen molar-refractivity contribution < 1.29 is 4.79 Å². The molecule has 2 atom stereocenters. The zero-order valence-electron chi connectivity index (χ0n) is 12.6. The van der Waals surface area contributed by atoms with E-state index in [1.807, 2.05) is 17.1 Å². The molecule has 2 heterocycles. The Balaban J connectivity index is 2.17. The van der Waals surface area contributed by atoms with Crippen LogP contribution in [-0.2, 0) is 10.2 Å². The van der Waals surface area contributed by atoms with E-state index in [9.17, 15) is 4.79 Å². The molecule has 1 saturated heterocycles. The number of nitrogens with zero attached hydrogens (tertiary/aromatic N) is 2. The van der Waals surface area contributed by atoms with Crippen LogP contribution in [0.4, 0.5) is 5.69 Å². The number of fused-ring (bicyclic) bond motifs is 3. The van der Waals surface area contributed by atoms with Crippen LogP contribution in [0.2, 0.25) is 0 Å². The zero-order chi connectivity index (χ0) is 15.0. The molecule has 1 aromatic carbocycles. The number of rotatable bonds is 4. The number of carbonyl (C=O) groups excluding carboxylic acids is 1. The summed E-state index contributed by atoms with van der Waals surface area (Å²) >= 11 is 0. The third-order valence-corrected chi connectivity index (χ3v) is 4.87. The minimum atomic E-state index is -0.0208. The minimum Gasteiger partial charge on any atom is -0.346 e. The summed E-state index contributed by atoms with van der Waals surface area (Å²) in [6.45, 7) is 11.1. The predicted molar refractivity (Wildman–Crippen MR) is 86.3 cm³/mol. The van der Waals surface area contributed by atoms with Gasteiger partial charge in [-0.3, -0.25) is 4.79 Å². The highest BCUT2D eigenvalue weighted by Gasteiger charge is 2.56. The second kappa shape index (κ2) is 5.06. The molecule has 2 aliphatic heterocycles. The van der Waals surface area contributed by atoms with Crippen LogP contribution in [0.1, 0.15) is 25.3 Å². The van der Waals surface area contributed by atoms with Crippen molar-refractivity contribution in [2.75, 3.05) is 18.0 Å². The second-order valence-corrected chi connectivity index (χ2v) is 5.94. The minimum absolute atomic E-state index is 0.0208. The van der Waals surface area contributed by atoms with E-state index in [1.165, 1.54) is 11.3 Å². The van der Waals surface area contributed by atoms with Crippen LogP contribution >= 0.6 is 0 Å². The van der Waals surface area contributed by atoms with Gasteiger partial charge in [-0.05, 0) is 24.5 Å². The number of allylic oxidation sites excluding steroid dienone is 1. The third-order valence-electron chi connectivity index (χ3n) is 4.87. The fraction of sp³-hybridized carbons (Fsp3) is 0.389. The number of amides is 1. The highest BCUT2D eigenvalue weighted by atomic mass is 16.2. The fourth-order valence-electron chi connectivity index (χ4n) is 4.13. The molecule has 0 bridgehead atoms. The summed E-state index contributed by atoms with van der Waals surface area (Å²) in [7, 11) is 0. The van der Waals surface area contributed by atoms with Crippen LogP contribution in [0.25, 0.3) is 0 Å². The Kier molecular flexibility index (Phi) is 3.36. The quantitative estimate of drug-likeness (QED) is 0.792. The molecule has 0 radical (unpaired) electrons. The Hall–Kier alpha value is -2.03. The van der Waals surface area contributed by atoms with E-state index in [4.69, 9.17) is 0 Å². The van der Waals surface area contributed by atoms with Gasteiger partial charge in [-0.1, -0.05) is 30.4 Å². The van der Waals surface area contributed by atoms with Crippen LogP contribution < -0.4 is 4.90 Å². The molecular formula is C18H22N2O. The standard InChI is InChI=1S/C18H22N2O/c1-4-10-18-11-13-19(14(3)21)17(18)20(12-5-2)16-9-7-6-8-15(16)18/h4-9,17H,1-2,10-13H2,3H3/t17-,18+/m1/s1. The molecule has 3 nitrogen and oxygen atoms in total. The Morgan fingerprint density at radius 2 is 2.14 bits per heavy atom. The van der Waals surface area contributed by atoms with Crippen LogP contribution in [0, 0.1) is 0 Å². The third kappa shape index (κ3) is 1.84. The van der Waals surface area contributed by atoms with E-state index >= 15 is 0 Å². The molecule has 21 heavy (non-hydrogen) atoms. The van der Waals surface area contributed by atoms with Crippen LogP contribution in [0.3, 0.4) is 0 Å². The molecule has 2 aliphatic rings. The van der Waals surface area contributed by atoms with Crippen molar-refractivity contribution in [1.29, 1.82) is 0 Å². The van der Waals surface area contributed by atoms with Gasteiger partial charge < -0.3 is 9.80 Å². The number of anilines is 1. The van der Waals surface area contributed by atoms with Gasteiger partial charge in [-0.15, -0.1) is 13.2 Å². The lowest BCUT2D eigenvalue weighted by atomic mass is 9.76. The monoisotopic (exact) mass is 282 g/mol. The molecule has 1 fully saturated rings. The van der Waals surface area contributed by atoms with Gasteiger partial charge in [-0.25, -0.2) is 0 Å². The maximum Gasteiger partial charge on any atom is 0.221 e. The first-order valence-corrected chi connectivity index (χ1v) is 7.51. The summed E-state index contributed by atoms with van der Waals surface area (Å²) in [5.41, 5.74) is 2.56. The van der Waals surface area contributed by atoms with E-state index in [2.05, 4.69) is 42.3 Å². The summed E-state index contributed by atoms with van der Waals surface area (Å²) in [5, 5.41) is 0. The molecule has 3 rings (SSSR count). The first kappa shape index (κ1) is 13.9. The van der Waals surface area contributed by atoms with Crippen molar-refractivity contribution >= 4 is 11.6 Å². The molecular weight excluding hydrogens is 260 g/mol. The maximum atomic E-state index is 12.1. The van der Waals surface area contributed by atoms with Gasteiger partial charge in [0.05, 0.1) is 0 Å². The van der Waals surface area contributed by atoms with Gasteiger partial charge in [0.2, 0.25) is 5.91 Å². The largest absolute Gasteiger partial charge is 0.346 e. The molecule has 1 amide bonds. The molecule has 1 aromatic rings. The van der Waals surface area contributed by atoms with Gasteiger partial charge in [0.25, 0.3) is 0 Å². The molecule has 3 heteroatoms. The lowest BCUT2D eigenvalue weighted by Gasteiger charge is -2.37. The lowest BCUT2D eigenvalue weighted by Crippen LogP contribution is -2.51. The molecule has 0 unspecified atom stereocenters. The molecule has 0 aromatic heterocycles. The van der Waals surface area contributed by atoms with E-state index in [1.54, 1.807) is 6.92 Å². The van der Waals surface area contributed by atoms with Gasteiger partial charge in [-0.2, -0.15) is 0 Å². The van der Waals surface area contributed by atoms with Gasteiger partial charge >= 0.3 is 0 Å². The van der Waals surface area contributed by atoms with Crippen molar-refractivity contribution in [1.82, 2.24) is 4.90 Å². The number of likely N-dealkylation sites (tertiary alicyclic amines) is 1. The summed E-state index contributed by atoms with van der Waals surface area (Å²) in [5.74, 6) is 0.146. The van der Waals surface area contributed by atoms with Crippen LogP contribution in [0.15, 0.2) is 49.6 Å². The van der Waals surface area contributed by atoms with E-state index in [0.29, 0.717) is 0 Å². The summed E-state index contributed by atoms with van der Waals surface area (Å²) in [4.78, 5) is 16.4. The molecule has 0 aliphatic carbocycles. The summed E-state index contributed by atoms with van der Waals surface area (Å²) in [6.07, 6.45) is 5.88.